The quantitative estimate of drug-likeness (QED) is 0.294. The molecule has 0 bridgehead atoms. The van der Waals surface area contributed by atoms with Crippen LogP contribution in [0.4, 0.5) is 17.6 Å². The monoisotopic (exact) mass is 546 g/mol. The maximum atomic E-state index is 9.20. The first kappa shape index (κ1) is 29.7. The van der Waals surface area contributed by atoms with Crippen LogP contribution in [0.25, 0.3) is 0 Å². The Kier molecular flexibility index (Phi) is 9.31. The molecule has 8 heteroatoms. The highest BCUT2D eigenvalue weighted by Gasteiger charge is 2.27. The standard InChI is InChI=1S/C32H46N6O2/c1-8-31(4,5)24-10-15-28(27(22-24)32(6,7)9-2)40-26-13-11-25(12-14-26)35-29-33-23(3)34-30(36-29)38-18-16-37(17-19-38)20-21-39/h10-15,22,39H,8-9,16-21H2,1-7H3,(H,33,34,35,36). The van der Waals surface area contributed by atoms with E-state index >= 15 is 0 Å². The number of nitrogens with zero attached hydrogens (tertiary/aromatic N) is 5. The van der Waals surface area contributed by atoms with E-state index < -0.39 is 0 Å². The minimum Gasteiger partial charge on any atom is -0.457 e. The molecule has 0 saturated carbocycles. The third kappa shape index (κ3) is 7.09. The fourth-order valence-electron chi connectivity index (χ4n) is 4.80. The molecule has 1 fully saturated rings. The van der Waals surface area contributed by atoms with Crippen molar-refractivity contribution < 1.29 is 9.84 Å². The third-order valence-corrected chi connectivity index (χ3v) is 8.40. The summed E-state index contributed by atoms with van der Waals surface area (Å²) >= 11 is 0. The van der Waals surface area contributed by atoms with Gasteiger partial charge >= 0.3 is 0 Å². The van der Waals surface area contributed by atoms with Gasteiger partial charge in [0.2, 0.25) is 11.9 Å². The van der Waals surface area contributed by atoms with Crippen molar-refractivity contribution >= 4 is 17.6 Å². The Morgan fingerprint density at radius 2 is 1.55 bits per heavy atom. The average Bonchev–Trinajstić information content (AvgIpc) is 2.94. The Morgan fingerprint density at radius 1 is 0.875 bits per heavy atom. The summed E-state index contributed by atoms with van der Waals surface area (Å²) in [4.78, 5) is 18.2. The van der Waals surface area contributed by atoms with Crippen LogP contribution < -0.4 is 15.0 Å². The van der Waals surface area contributed by atoms with Crippen LogP contribution in [0.15, 0.2) is 42.5 Å². The molecule has 0 spiro atoms. The molecular weight excluding hydrogens is 500 g/mol. The van der Waals surface area contributed by atoms with Crippen molar-refractivity contribution in [3.63, 3.8) is 0 Å². The van der Waals surface area contributed by atoms with Gasteiger partial charge in [-0.25, -0.2) is 0 Å². The molecule has 0 atom stereocenters. The summed E-state index contributed by atoms with van der Waals surface area (Å²) in [6.45, 7) is 19.8. The summed E-state index contributed by atoms with van der Waals surface area (Å²) in [5.74, 6) is 3.56. The molecule has 1 saturated heterocycles. The van der Waals surface area contributed by atoms with Crippen molar-refractivity contribution in [2.45, 2.75) is 72.1 Å². The minimum atomic E-state index is -0.00358. The smallest absolute Gasteiger partial charge is 0.232 e. The second kappa shape index (κ2) is 12.5. The number of benzene rings is 2. The molecule has 0 amide bonds. The van der Waals surface area contributed by atoms with Gasteiger partial charge in [0.05, 0.1) is 6.61 Å². The van der Waals surface area contributed by atoms with Gasteiger partial charge in [0, 0.05) is 44.0 Å². The number of nitrogens with one attached hydrogen (secondary N) is 1. The highest BCUT2D eigenvalue weighted by molar-refractivity contribution is 5.56. The molecule has 3 aromatic rings. The van der Waals surface area contributed by atoms with Crippen molar-refractivity contribution in [1.82, 2.24) is 19.9 Å². The van der Waals surface area contributed by atoms with E-state index in [1.54, 1.807) is 0 Å². The minimum absolute atomic E-state index is 0.00358. The Bertz CT molecular complexity index is 1270. The summed E-state index contributed by atoms with van der Waals surface area (Å²) in [6, 6.07) is 14.6. The largest absolute Gasteiger partial charge is 0.457 e. The van der Waals surface area contributed by atoms with Crippen molar-refractivity contribution in [2.75, 3.05) is 49.5 Å². The number of aromatic nitrogens is 3. The van der Waals surface area contributed by atoms with E-state index in [1.807, 2.05) is 31.2 Å². The molecule has 8 nitrogen and oxygen atoms in total. The van der Waals surface area contributed by atoms with Gasteiger partial charge in [-0.15, -0.1) is 0 Å². The Morgan fingerprint density at radius 3 is 2.17 bits per heavy atom. The first-order chi connectivity index (χ1) is 19.0. The molecule has 0 aliphatic carbocycles. The number of aliphatic hydroxyl groups is 1. The highest BCUT2D eigenvalue weighted by atomic mass is 16.5. The van der Waals surface area contributed by atoms with E-state index in [0.717, 1.165) is 56.2 Å². The molecule has 1 aromatic heterocycles. The lowest BCUT2D eigenvalue weighted by molar-refractivity contribution is 0.188. The lowest BCUT2D eigenvalue weighted by atomic mass is 9.76. The molecule has 1 aliphatic heterocycles. The molecule has 0 unspecified atom stereocenters. The first-order valence-electron chi connectivity index (χ1n) is 14.6. The summed E-state index contributed by atoms with van der Waals surface area (Å²) in [5.41, 5.74) is 3.58. The fraction of sp³-hybridized carbons (Fsp3) is 0.531. The van der Waals surface area contributed by atoms with Crippen LogP contribution in [0.2, 0.25) is 0 Å². The maximum Gasteiger partial charge on any atom is 0.232 e. The molecule has 2 heterocycles. The molecular formula is C32H46N6O2. The average molecular weight is 547 g/mol. The van der Waals surface area contributed by atoms with E-state index in [4.69, 9.17) is 9.72 Å². The number of β-amino-alcohol motifs (C(OH)–C–C–N with tert-alkyl or cyclic N) is 1. The Labute approximate surface area is 239 Å². The maximum absolute atomic E-state index is 9.20. The van der Waals surface area contributed by atoms with Crippen LogP contribution >= 0.6 is 0 Å². The predicted octanol–water partition coefficient (Wildman–Crippen LogP) is 6.21. The molecule has 2 N–H and O–H groups in total. The van der Waals surface area contributed by atoms with Crippen LogP contribution in [-0.2, 0) is 10.8 Å². The zero-order chi connectivity index (χ0) is 28.9. The van der Waals surface area contributed by atoms with Crippen molar-refractivity contribution in [1.29, 1.82) is 0 Å². The van der Waals surface area contributed by atoms with E-state index in [0.29, 0.717) is 24.3 Å². The van der Waals surface area contributed by atoms with Gasteiger partial charge in [0.25, 0.3) is 0 Å². The highest BCUT2D eigenvalue weighted by Crippen LogP contribution is 2.40. The summed E-state index contributed by atoms with van der Waals surface area (Å²) in [6.07, 6.45) is 2.10. The molecule has 1 aliphatic rings. The zero-order valence-corrected chi connectivity index (χ0v) is 25.3. The van der Waals surface area contributed by atoms with Gasteiger partial charge in [-0.2, -0.15) is 15.0 Å². The molecule has 216 valence electrons. The second-order valence-corrected chi connectivity index (χ2v) is 12.0. The van der Waals surface area contributed by atoms with Crippen molar-refractivity contribution in [3.8, 4) is 11.5 Å². The SMILES string of the molecule is CCC(C)(C)c1ccc(Oc2ccc(Nc3nc(C)nc(N4CCN(CCO)CC4)n3)cc2)c(C(C)(C)CC)c1. The van der Waals surface area contributed by atoms with Gasteiger partial charge in [0.1, 0.15) is 17.3 Å². The number of hydrogen-bond acceptors (Lipinski definition) is 8. The zero-order valence-electron chi connectivity index (χ0n) is 25.3. The lowest BCUT2D eigenvalue weighted by Gasteiger charge is -2.34. The van der Waals surface area contributed by atoms with Gasteiger partial charge < -0.3 is 20.1 Å². The number of piperazine rings is 1. The van der Waals surface area contributed by atoms with Gasteiger partial charge in [-0.05, 0) is 66.5 Å². The number of rotatable bonds is 11. The molecule has 2 aromatic carbocycles. The van der Waals surface area contributed by atoms with Crippen LogP contribution in [-0.4, -0.2) is 64.3 Å². The van der Waals surface area contributed by atoms with Gasteiger partial charge in [-0.1, -0.05) is 53.7 Å². The van der Waals surface area contributed by atoms with E-state index in [9.17, 15) is 5.11 Å². The van der Waals surface area contributed by atoms with E-state index in [-0.39, 0.29) is 17.4 Å². The van der Waals surface area contributed by atoms with Crippen molar-refractivity contribution in [3.05, 3.63) is 59.4 Å². The summed E-state index contributed by atoms with van der Waals surface area (Å²) in [7, 11) is 0. The Balaban J connectivity index is 1.48. The fourth-order valence-corrected chi connectivity index (χ4v) is 4.80. The predicted molar refractivity (Wildman–Crippen MR) is 163 cm³/mol. The molecule has 40 heavy (non-hydrogen) atoms. The number of aryl methyl sites for hydroxylation is 1. The number of anilines is 3. The van der Waals surface area contributed by atoms with Crippen LogP contribution in [0.3, 0.4) is 0 Å². The van der Waals surface area contributed by atoms with Gasteiger partial charge in [-0.3, -0.25) is 4.90 Å². The normalized spacial score (nSPS) is 14.8. The number of aliphatic hydroxyl groups excluding tert-OH is 1. The van der Waals surface area contributed by atoms with Crippen molar-refractivity contribution in [2.24, 2.45) is 0 Å². The summed E-state index contributed by atoms with van der Waals surface area (Å²) < 4.78 is 6.45. The second-order valence-electron chi connectivity index (χ2n) is 12.0. The topological polar surface area (TPSA) is 86.6 Å². The number of hydrogen-bond donors (Lipinski definition) is 2. The van der Waals surface area contributed by atoms with Crippen LogP contribution in [0.1, 0.15) is 71.3 Å². The summed E-state index contributed by atoms with van der Waals surface area (Å²) in [5, 5.41) is 12.5. The third-order valence-electron chi connectivity index (χ3n) is 8.40. The molecule has 0 radical (unpaired) electrons. The number of ether oxygens (including phenoxy) is 1. The molecule has 4 rings (SSSR count). The van der Waals surface area contributed by atoms with Crippen LogP contribution in [0, 0.1) is 6.92 Å². The van der Waals surface area contributed by atoms with Crippen LogP contribution in [0.5, 0.6) is 11.5 Å². The Hall–Kier alpha value is -3.23. The van der Waals surface area contributed by atoms with E-state index in [1.165, 1.54) is 11.1 Å². The van der Waals surface area contributed by atoms with E-state index in [2.05, 4.69) is 84.8 Å². The first-order valence-corrected chi connectivity index (χ1v) is 14.6. The lowest BCUT2D eigenvalue weighted by Crippen LogP contribution is -2.47. The van der Waals surface area contributed by atoms with Gasteiger partial charge in [0.15, 0.2) is 0 Å².